The van der Waals surface area contributed by atoms with Crippen LogP contribution in [0.2, 0.25) is 5.02 Å². The lowest BCUT2D eigenvalue weighted by Crippen LogP contribution is -2.03. The molecule has 0 atom stereocenters. The summed E-state index contributed by atoms with van der Waals surface area (Å²) >= 11 is 6.03. The third-order valence-electron chi connectivity index (χ3n) is 2.64. The number of anilines is 1. The van der Waals surface area contributed by atoms with Gasteiger partial charge in [-0.3, -0.25) is 4.98 Å². The van der Waals surface area contributed by atoms with E-state index in [9.17, 15) is 0 Å². The number of benzene rings is 1. The molecule has 1 aromatic heterocycles. The predicted molar refractivity (Wildman–Crippen MR) is 78.8 cm³/mol. The maximum atomic E-state index is 6.03. The molecule has 0 radical (unpaired) electrons. The molecule has 2 aromatic rings. The van der Waals surface area contributed by atoms with Crippen LogP contribution in [-0.2, 0) is 6.54 Å². The molecule has 19 heavy (non-hydrogen) atoms. The SMILES string of the molecule is CCCOc1ccc(Cl)cc1NCc1ccncc1. The van der Waals surface area contributed by atoms with Gasteiger partial charge in [0.1, 0.15) is 5.75 Å². The Morgan fingerprint density at radius 2 is 2.00 bits per heavy atom. The van der Waals surface area contributed by atoms with Crippen molar-refractivity contribution in [3.63, 3.8) is 0 Å². The second kappa shape index (κ2) is 7.00. The topological polar surface area (TPSA) is 34.1 Å². The summed E-state index contributed by atoms with van der Waals surface area (Å²) in [5.41, 5.74) is 2.08. The zero-order valence-corrected chi connectivity index (χ0v) is 11.7. The standard InChI is InChI=1S/C15H17ClN2O/c1-2-9-19-15-4-3-13(16)10-14(15)18-11-12-5-7-17-8-6-12/h3-8,10,18H,2,9,11H2,1H3. The van der Waals surface area contributed by atoms with Gasteiger partial charge in [0.05, 0.1) is 12.3 Å². The number of nitrogens with one attached hydrogen (secondary N) is 1. The summed E-state index contributed by atoms with van der Waals surface area (Å²) < 4.78 is 5.70. The number of ether oxygens (including phenoxy) is 1. The number of rotatable bonds is 6. The van der Waals surface area contributed by atoms with Crippen LogP contribution in [0.5, 0.6) is 5.75 Å². The van der Waals surface area contributed by atoms with Crippen LogP contribution < -0.4 is 10.1 Å². The van der Waals surface area contributed by atoms with E-state index in [0.29, 0.717) is 18.2 Å². The minimum Gasteiger partial charge on any atom is -0.491 e. The molecular formula is C15H17ClN2O. The van der Waals surface area contributed by atoms with Crippen LogP contribution in [0.4, 0.5) is 5.69 Å². The monoisotopic (exact) mass is 276 g/mol. The maximum absolute atomic E-state index is 6.03. The summed E-state index contributed by atoms with van der Waals surface area (Å²) in [5, 5.41) is 4.04. The average molecular weight is 277 g/mol. The molecule has 0 aliphatic carbocycles. The lowest BCUT2D eigenvalue weighted by atomic mass is 10.2. The molecule has 0 amide bonds. The highest BCUT2D eigenvalue weighted by Gasteiger charge is 2.04. The van der Waals surface area contributed by atoms with Gasteiger partial charge >= 0.3 is 0 Å². The van der Waals surface area contributed by atoms with Crippen molar-refractivity contribution in [1.82, 2.24) is 4.98 Å². The smallest absolute Gasteiger partial charge is 0.142 e. The second-order valence-corrected chi connectivity index (χ2v) is 4.63. The van der Waals surface area contributed by atoms with Crippen molar-refractivity contribution in [3.8, 4) is 5.75 Å². The first-order valence-corrected chi connectivity index (χ1v) is 6.72. The van der Waals surface area contributed by atoms with E-state index < -0.39 is 0 Å². The lowest BCUT2D eigenvalue weighted by molar-refractivity contribution is 0.319. The highest BCUT2D eigenvalue weighted by Crippen LogP contribution is 2.28. The number of nitrogens with zero attached hydrogens (tertiary/aromatic N) is 1. The van der Waals surface area contributed by atoms with E-state index in [1.54, 1.807) is 12.4 Å². The van der Waals surface area contributed by atoms with E-state index in [0.717, 1.165) is 23.4 Å². The first kappa shape index (κ1) is 13.7. The lowest BCUT2D eigenvalue weighted by Gasteiger charge is -2.13. The van der Waals surface area contributed by atoms with Crippen molar-refractivity contribution >= 4 is 17.3 Å². The van der Waals surface area contributed by atoms with Crippen LogP contribution in [0.3, 0.4) is 0 Å². The first-order chi connectivity index (χ1) is 9.29. The molecule has 0 fully saturated rings. The molecule has 0 aliphatic heterocycles. The Morgan fingerprint density at radius 3 is 2.74 bits per heavy atom. The summed E-state index contributed by atoms with van der Waals surface area (Å²) in [6.45, 7) is 3.50. The number of hydrogen-bond acceptors (Lipinski definition) is 3. The Kier molecular flexibility index (Phi) is 5.04. The summed E-state index contributed by atoms with van der Waals surface area (Å²) in [4.78, 5) is 4.00. The fraction of sp³-hybridized carbons (Fsp3) is 0.267. The molecule has 100 valence electrons. The van der Waals surface area contributed by atoms with Crippen LogP contribution in [0.15, 0.2) is 42.7 Å². The highest BCUT2D eigenvalue weighted by molar-refractivity contribution is 6.30. The third-order valence-corrected chi connectivity index (χ3v) is 2.87. The predicted octanol–water partition coefficient (Wildman–Crippen LogP) is 4.14. The summed E-state index contributed by atoms with van der Waals surface area (Å²) in [6, 6.07) is 9.57. The molecule has 1 heterocycles. The third kappa shape index (κ3) is 4.14. The molecule has 4 heteroatoms. The number of aromatic nitrogens is 1. The van der Waals surface area contributed by atoms with Gasteiger partial charge in [-0.15, -0.1) is 0 Å². The normalized spacial score (nSPS) is 10.2. The van der Waals surface area contributed by atoms with Crippen LogP contribution in [0.1, 0.15) is 18.9 Å². The van der Waals surface area contributed by atoms with Gasteiger partial charge in [-0.25, -0.2) is 0 Å². The zero-order valence-electron chi connectivity index (χ0n) is 10.9. The molecule has 1 N–H and O–H groups in total. The van der Waals surface area contributed by atoms with Crippen molar-refractivity contribution in [1.29, 1.82) is 0 Å². The zero-order chi connectivity index (χ0) is 13.5. The Bertz CT molecular complexity index is 517. The fourth-order valence-corrected chi connectivity index (χ4v) is 1.85. The van der Waals surface area contributed by atoms with Gasteiger partial charge in [-0.2, -0.15) is 0 Å². The van der Waals surface area contributed by atoms with E-state index in [2.05, 4.69) is 17.2 Å². The Labute approximate surface area is 118 Å². The van der Waals surface area contributed by atoms with Crippen molar-refractivity contribution in [2.75, 3.05) is 11.9 Å². The molecule has 0 saturated heterocycles. The van der Waals surface area contributed by atoms with E-state index in [4.69, 9.17) is 16.3 Å². The van der Waals surface area contributed by atoms with Gasteiger partial charge < -0.3 is 10.1 Å². The summed E-state index contributed by atoms with van der Waals surface area (Å²) in [7, 11) is 0. The highest BCUT2D eigenvalue weighted by atomic mass is 35.5. The minimum atomic E-state index is 0.695. The molecular weight excluding hydrogens is 260 g/mol. The van der Waals surface area contributed by atoms with E-state index in [-0.39, 0.29) is 0 Å². The molecule has 0 spiro atoms. The summed E-state index contributed by atoms with van der Waals surface area (Å²) in [5.74, 6) is 0.834. The van der Waals surface area contributed by atoms with Crippen LogP contribution in [0, 0.1) is 0 Å². The Morgan fingerprint density at radius 1 is 1.21 bits per heavy atom. The van der Waals surface area contributed by atoms with Crippen LogP contribution in [-0.4, -0.2) is 11.6 Å². The van der Waals surface area contributed by atoms with Crippen molar-refractivity contribution in [3.05, 3.63) is 53.3 Å². The van der Waals surface area contributed by atoms with Gasteiger partial charge in [0.2, 0.25) is 0 Å². The van der Waals surface area contributed by atoms with Crippen molar-refractivity contribution in [2.45, 2.75) is 19.9 Å². The van der Waals surface area contributed by atoms with Gasteiger partial charge in [0.25, 0.3) is 0 Å². The van der Waals surface area contributed by atoms with E-state index in [1.165, 1.54) is 0 Å². The Hall–Kier alpha value is -1.74. The van der Waals surface area contributed by atoms with E-state index >= 15 is 0 Å². The average Bonchev–Trinajstić information content (AvgIpc) is 2.45. The molecule has 0 saturated carbocycles. The quantitative estimate of drug-likeness (QED) is 0.861. The maximum Gasteiger partial charge on any atom is 0.142 e. The van der Waals surface area contributed by atoms with E-state index in [1.807, 2.05) is 30.3 Å². The largest absolute Gasteiger partial charge is 0.491 e. The van der Waals surface area contributed by atoms with Gasteiger partial charge in [-0.1, -0.05) is 18.5 Å². The van der Waals surface area contributed by atoms with Gasteiger partial charge in [-0.05, 0) is 42.3 Å². The van der Waals surface area contributed by atoms with Crippen LogP contribution in [0.25, 0.3) is 0 Å². The number of hydrogen-bond donors (Lipinski definition) is 1. The molecule has 0 unspecified atom stereocenters. The first-order valence-electron chi connectivity index (χ1n) is 6.34. The van der Waals surface area contributed by atoms with Crippen LogP contribution >= 0.6 is 11.6 Å². The molecule has 3 nitrogen and oxygen atoms in total. The van der Waals surface area contributed by atoms with Gasteiger partial charge in [0, 0.05) is 24.0 Å². The van der Waals surface area contributed by atoms with Crippen molar-refractivity contribution in [2.24, 2.45) is 0 Å². The molecule has 2 rings (SSSR count). The minimum absolute atomic E-state index is 0.695. The fourth-order valence-electron chi connectivity index (χ4n) is 1.68. The summed E-state index contributed by atoms with van der Waals surface area (Å²) in [6.07, 6.45) is 4.54. The molecule has 1 aromatic carbocycles. The molecule has 0 aliphatic rings. The molecule has 0 bridgehead atoms. The second-order valence-electron chi connectivity index (χ2n) is 4.20. The van der Waals surface area contributed by atoms with Crippen molar-refractivity contribution < 1.29 is 4.74 Å². The van der Waals surface area contributed by atoms with Gasteiger partial charge in [0.15, 0.2) is 0 Å². The number of halogens is 1. The number of pyridine rings is 1. The Balaban J connectivity index is 2.07.